The van der Waals surface area contributed by atoms with Crippen molar-refractivity contribution < 1.29 is 0 Å². The minimum absolute atomic E-state index is 0.509. The molecule has 0 amide bonds. The van der Waals surface area contributed by atoms with Crippen LogP contribution in [-0.4, -0.2) is 0 Å². The average Bonchev–Trinajstić information content (AvgIpc) is 2.06. The number of halogens is 1. The summed E-state index contributed by atoms with van der Waals surface area (Å²) in [5.74, 6) is 0. The van der Waals surface area contributed by atoms with Crippen LogP contribution in [0.1, 0.15) is 6.42 Å². The van der Waals surface area contributed by atoms with Crippen LogP contribution < -0.4 is 0 Å². The van der Waals surface area contributed by atoms with Gasteiger partial charge < -0.3 is 0 Å². The molecule has 0 atom stereocenters. The molecule has 0 aliphatic heterocycles. The molecule has 0 N–H and O–H groups in total. The molecule has 2 nitrogen and oxygen atoms in total. The van der Waals surface area contributed by atoms with Crippen LogP contribution in [0.15, 0.2) is 21.8 Å². The highest BCUT2D eigenvalue weighted by Gasteiger charge is 2.33. The Labute approximate surface area is 79.0 Å². The minimum atomic E-state index is -0.907. The molecule has 3 heteroatoms. The third kappa shape index (κ3) is 1.29. The van der Waals surface area contributed by atoms with E-state index in [4.69, 9.17) is 10.5 Å². The van der Waals surface area contributed by atoms with Crippen molar-refractivity contribution in [2.75, 3.05) is 0 Å². The first kappa shape index (κ1) is 8.29. The molecular formula is C8H5IN2. The molecule has 0 spiro atoms. The van der Waals surface area contributed by atoms with Crippen LogP contribution in [-0.2, 0) is 0 Å². The van der Waals surface area contributed by atoms with Crippen molar-refractivity contribution in [2.24, 2.45) is 5.41 Å². The van der Waals surface area contributed by atoms with Gasteiger partial charge in [-0.1, -0.05) is 18.2 Å². The zero-order valence-corrected chi connectivity index (χ0v) is 7.87. The first-order valence-corrected chi connectivity index (χ1v) is 4.18. The van der Waals surface area contributed by atoms with Gasteiger partial charge in [0.2, 0.25) is 0 Å². The lowest BCUT2D eigenvalue weighted by Crippen LogP contribution is -2.16. The average molecular weight is 256 g/mol. The predicted octanol–water partition coefficient (Wildman–Crippen LogP) is 2.30. The van der Waals surface area contributed by atoms with Gasteiger partial charge in [0.25, 0.3) is 0 Å². The maximum Gasteiger partial charge on any atom is 0.177 e. The second kappa shape index (κ2) is 3.06. The maximum atomic E-state index is 8.76. The monoisotopic (exact) mass is 256 g/mol. The Morgan fingerprint density at radius 1 is 1.45 bits per heavy atom. The molecule has 1 aliphatic carbocycles. The van der Waals surface area contributed by atoms with Crippen molar-refractivity contribution in [3.63, 3.8) is 0 Å². The first-order chi connectivity index (χ1) is 5.25. The van der Waals surface area contributed by atoms with E-state index < -0.39 is 5.41 Å². The standard InChI is InChI=1S/C8H5IN2/c9-7-3-1-2-4-8(7,5-10)6-11/h1-3H,4H2. The Morgan fingerprint density at radius 2 is 2.09 bits per heavy atom. The van der Waals surface area contributed by atoms with Crippen molar-refractivity contribution >= 4 is 22.6 Å². The molecule has 0 radical (unpaired) electrons. The molecule has 1 rings (SSSR count). The van der Waals surface area contributed by atoms with Crippen molar-refractivity contribution in [3.8, 4) is 12.1 Å². The summed E-state index contributed by atoms with van der Waals surface area (Å²) in [5.41, 5.74) is -0.907. The van der Waals surface area contributed by atoms with Gasteiger partial charge >= 0.3 is 0 Å². The Kier molecular flexibility index (Phi) is 2.31. The molecule has 0 saturated carbocycles. The second-order valence-corrected chi connectivity index (χ2v) is 3.44. The quantitative estimate of drug-likeness (QED) is 0.624. The smallest absolute Gasteiger partial charge is 0.177 e. The van der Waals surface area contributed by atoms with Gasteiger partial charge in [-0.15, -0.1) is 0 Å². The van der Waals surface area contributed by atoms with Crippen molar-refractivity contribution in [1.29, 1.82) is 10.5 Å². The molecule has 0 heterocycles. The molecule has 1 aliphatic rings. The van der Waals surface area contributed by atoms with Crippen molar-refractivity contribution in [1.82, 2.24) is 0 Å². The maximum absolute atomic E-state index is 8.76. The normalized spacial score (nSPS) is 19.7. The fourth-order valence-corrected chi connectivity index (χ4v) is 1.53. The van der Waals surface area contributed by atoms with Gasteiger partial charge in [-0.2, -0.15) is 10.5 Å². The summed E-state index contributed by atoms with van der Waals surface area (Å²) in [7, 11) is 0. The summed E-state index contributed by atoms with van der Waals surface area (Å²) in [6.07, 6.45) is 6.02. The number of hydrogen-bond donors (Lipinski definition) is 0. The molecule has 54 valence electrons. The number of rotatable bonds is 0. The van der Waals surface area contributed by atoms with Gasteiger partial charge in [0.1, 0.15) is 0 Å². The van der Waals surface area contributed by atoms with Gasteiger partial charge in [0.15, 0.2) is 5.41 Å². The fraction of sp³-hybridized carbons (Fsp3) is 0.250. The Morgan fingerprint density at radius 3 is 2.45 bits per heavy atom. The molecule has 11 heavy (non-hydrogen) atoms. The SMILES string of the molecule is N#CC1(C#N)CC=CC=C1I. The summed E-state index contributed by atoms with van der Waals surface area (Å²) in [4.78, 5) is 0. The largest absolute Gasteiger partial charge is 0.196 e. The van der Waals surface area contributed by atoms with Crippen LogP contribution in [0.25, 0.3) is 0 Å². The molecule has 0 saturated heterocycles. The highest BCUT2D eigenvalue weighted by Crippen LogP contribution is 2.37. The van der Waals surface area contributed by atoms with Crippen LogP contribution in [0.5, 0.6) is 0 Å². The second-order valence-electron chi connectivity index (χ2n) is 2.28. The lowest BCUT2D eigenvalue weighted by Gasteiger charge is -2.17. The lowest BCUT2D eigenvalue weighted by atomic mass is 9.85. The van der Waals surface area contributed by atoms with Crippen molar-refractivity contribution in [2.45, 2.75) is 6.42 Å². The lowest BCUT2D eigenvalue weighted by molar-refractivity contribution is 0.662. The molecule has 0 aromatic carbocycles. The van der Waals surface area contributed by atoms with Crippen LogP contribution in [0, 0.1) is 28.1 Å². The predicted molar refractivity (Wildman–Crippen MR) is 49.5 cm³/mol. The number of nitrogens with zero attached hydrogens (tertiary/aromatic N) is 2. The summed E-state index contributed by atoms with van der Waals surface area (Å²) < 4.78 is 0.808. The fourth-order valence-electron chi connectivity index (χ4n) is 0.860. The van der Waals surface area contributed by atoms with Gasteiger partial charge in [0, 0.05) is 10.0 Å². The molecule has 0 bridgehead atoms. The van der Waals surface area contributed by atoms with Gasteiger partial charge in [-0.05, 0) is 22.6 Å². The summed E-state index contributed by atoms with van der Waals surface area (Å²) in [6.45, 7) is 0. The van der Waals surface area contributed by atoms with E-state index in [1.165, 1.54) is 0 Å². The Bertz CT molecular complexity index is 287. The third-order valence-corrected chi connectivity index (χ3v) is 2.87. The van der Waals surface area contributed by atoms with E-state index >= 15 is 0 Å². The highest BCUT2D eigenvalue weighted by atomic mass is 127. The Hall–Kier alpha value is -0.810. The highest BCUT2D eigenvalue weighted by molar-refractivity contribution is 14.1. The van der Waals surface area contributed by atoms with Gasteiger partial charge in [-0.25, -0.2) is 0 Å². The number of nitriles is 2. The van der Waals surface area contributed by atoms with Gasteiger partial charge in [0.05, 0.1) is 12.1 Å². The zero-order chi connectivity index (χ0) is 8.32. The number of hydrogen-bond acceptors (Lipinski definition) is 2. The number of allylic oxidation sites excluding steroid dienone is 4. The first-order valence-electron chi connectivity index (χ1n) is 3.10. The van der Waals surface area contributed by atoms with Crippen molar-refractivity contribution in [3.05, 3.63) is 21.8 Å². The molecule has 0 aromatic rings. The van der Waals surface area contributed by atoms with Crippen LogP contribution in [0.3, 0.4) is 0 Å². The summed E-state index contributed by atoms with van der Waals surface area (Å²) in [6, 6.07) is 4.06. The third-order valence-electron chi connectivity index (χ3n) is 1.59. The molecular weight excluding hydrogens is 251 g/mol. The Balaban J connectivity index is 3.09. The van der Waals surface area contributed by atoms with Crippen LogP contribution in [0.4, 0.5) is 0 Å². The van der Waals surface area contributed by atoms with Gasteiger partial charge in [-0.3, -0.25) is 0 Å². The van der Waals surface area contributed by atoms with E-state index in [1.54, 1.807) is 6.08 Å². The summed E-state index contributed by atoms with van der Waals surface area (Å²) >= 11 is 2.04. The molecule has 0 unspecified atom stereocenters. The summed E-state index contributed by atoms with van der Waals surface area (Å²) in [5, 5.41) is 17.5. The van der Waals surface area contributed by atoms with Crippen LogP contribution in [0.2, 0.25) is 0 Å². The van der Waals surface area contributed by atoms with E-state index in [1.807, 2.05) is 46.9 Å². The molecule has 0 fully saturated rings. The van der Waals surface area contributed by atoms with E-state index in [-0.39, 0.29) is 0 Å². The van der Waals surface area contributed by atoms with E-state index in [2.05, 4.69) is 0 Å². The van der Waals surface area contributed by atoms with E-state index in [0.717, 1.165) is 3.58 Å². The topological polar surface area (TPSA) is 47.6 Å². The zero-order valence-electron chi connectivity index (χ0n) is 5.71. The van der Waals surface area contributed by atoms with E-state index in [0.29, 0.717) is 6.42 Å². The van der Waals surface area contributed by atoms with E-state index in [9.17, 15) is 0 Å². The minimum Gasteiger partial charge on any atom is -0.196 e. The molecule has 0 aromatic heterocycles. The van der Waals surface area contributed by atoms with Crippen LogP contribution >= 0.6 is 22.6 Å².